The minimum Gasteiger partial charge on any atom is -0.454 e. The number of thiazole rings is 1. The third kappa shape index (κ3) is 8.22. The van der Waals surface area contributed by atoms with Crippen molar-refractivity contribution in [2.45, 2.75) is 40.0 Å². The average Bonchev–Trinajstić information content (AvgIpc) is 3.27. The zero-order valence-corrected chi connectivity index (χ0v) is 20.8. The summed E-state index contributed by atoms with van der Waals surface area (Å²) in [4.78, 5) is 41.7. The van der Waals surface area contributed by atoms with Gasteiger partial charge in [0, 0.05) is 18.1 Å². The van der Waals surface area contributed by atoms with Crippen molar-refractivity contribution in [3.8, 4) is 0 Å². The van der Waals surface area contributed by atoms with Crippen molar-refractivity contribution in [3.63, 3.8) is 0 Å². The smallest absolute Gasteiger partial charge is 0.408 e. The van der Waals surface area contributed by atoms with Crippen LogP contribution in [0.4, 0.5) is 4.79 Å². The Morgan fingerprint density at radius 3 is 2.40 bits per heavy atom. The van der Waals surface area contributed by atoms with Gasteiger partial charge in [0.1, 0.15) is 12.6 Å². The van der Waals surface area contributed by atoms with E-state index in [0.717, 1.165) is 11.1 Å². The fourth-order valence-electron chi connectivity index (χ4n) is 3.15. The van der Waals surface area contributed by atoms with E-state index in [1.165, 1.54) is 16.9 Å². The number of aromatic nitrogens is 1. The molecule has 0 aliphatic heterocycles. The van der Waals surface area contributed by atoms with Crippen LogP contribution < -0.4 is 10.1 Å². The molecule has 2 amide bonds. The average molecular weight is 496 g/mol. The monoisotopic (exact) mass is 495 g/mol. The van der Waals surface area contributed by atoms with Crippen molar-refractivity contribution in [1.29, 1.82) is 0 Å². The third-order valence-electron chi connectivity index (χ3n) is 5.10. The Morgan fingerprint density at radius 1 is 1.00 bits per heavy atom. The summed E-state index contributed by atoms with van der Waals surface area (Å²) < 4.78 is 12.2. The van der Waals surface area contributed by atoms with Gasteiger partial charge in [0.05, 0.1) is 0 Å². The van der Waals surface area contributed by atoms with E-state index in [1.54, 1.807) is 13.8 Å². The van der Waals surface area contributed by atoms with Gasteiger partial charge < -0.3 is 19.4 Å². The first-order valence-corrected chi connectivity index (χ1v) is 12.1. The second kappa shape index (κ2) is 12.7. The van der Waals surface area contributed by atoms with Crippen molar-refractivity contribution >= 4 is 29.3 Å². The normalized spacial score (nSPS) is 12.3. The summed E-state index contributed by atoms with van der Waals surface area (Å²) in [7, 11) is 0. The Kier molecular flexibility index (Phi) is 9.37. The first-order chi connectivity index (χ1) is 16.8. The summed E-state index contributed by atoms with van der Waals surface area (Å²) in [6.45, 7) is 5.67. The van der Waals surface area contributed by atoms with Crippen molar-refractivity contribution in [2.75, 3.05) is 6.61 Å². The van der Waals surface area contributed by atoms with Gasteiger partial charge in [0.2, 0.25) is 0 Å². The summed E-state index contributed by atoms with van der Waals surface area (Å²) in [5, 5.41) is 4.36. The summed E-state index contributed by atoms with van der Waals surface area (Å²) >= 11 is 1.32. The lowest BCUT2D eigenvalue weighted by atomic mass is 10.1. The summed E-state index contributed by atoms with van der Waals surface area (Å²) in [5.74, 6) is -1.58. The number of ether oxygens (including phenoxy) is 2. The maximum Gasteiger partial charge on any atom is 0.408 e. The van der Waals surface area contributed by atoms with E-state index in [-0.39, 0.29) is 12.5 Å². The minimum absolute atomic E-state index is 0.0767. The molecule has 0 fully saturated rings. The summed E-state index contributed by atoms with van der Waals surface area (Å²) in [6.07, 6.45) is 1.11. The summed E-state index contributed by atoms with van der Waals surface area (Å²) in [6, 6.07) is 16.3. The van der Waals surface area contributed by atoms with Crippen LogP contribution in [0.3, 0.4) is 0 Å². The zero-order valence-electron chi connectivity index (χ0n) is 20.0. The molecule has 0 bridgehead atoms. The van der Waals surface area contributed by atoms with Crippen LogP contribution in [0.5, 0.6) is 0 Å². The lowest BCUT2D eigenvalue weighted by Gasteiger charge is -2.20. The highest BCUT2D eigenvalue weighted by Crippen LogP contribution is 2.07. The fraction of sp³-hybridized carbons (Fsp3) is 0.308. The predicted octanol–water partition coefficient (Wildman–Crippen LogP) is 3.83. The van der Waals surface area contributed by atoms with Crippen LogP contribution in [-0.4, -0.2) is 35.2 Å². The van der Waals surface area contributed by atoms with Crippen molar-refractivity contribution in [2.24, 2.45) is 10.9 Å². The Hall–Kier alpha value is -3.72. The van der Waals surface area contributed by atoms with E-state index < -0.39 is 30.6 Å². The highest BCUT2D eigenvalue weighted by molar-refractivity contribution is 7.07. The molecule has 9 heteroatoms. The molecule has 2 aromatic carbocycles. The number of aryl methyl sites for hydroxylation is 1. The number of rotatable bonds is 9. The van der Waals surface area contributed by atoms with E-state index in [9.17, 15) is 14.4 Å². The molecule has 1 N–H and O–H groups in total. The molecule has 0 unspecified atom stereocenters. The maximum absolute atomic E-state index is 12.5. The zero-order chi connectivity index (χ0) is 25.2. The quantitative estimate of drug-likeness (QED) is 0.455. The third-order valence-corrected chi connectivity index (χ3v) is 5.89. The molecule has 3 rings (SSSR count). The van der Waals surface area contributed by atoms with Gasteiger partial charge in [-0.05, 0) is 24.0 Å². The van der Waals surface area contributed by atoms with Crippen LogP contribution in [0.25, 0.3) is 0 Å². The maximum atomic E-state index is 12.5. The molecule has 1 atom stereocenters. The fourth-order valence-corrected chi connectivity index (χ4v) is 3.89. The Morgan fingerprint density at radius 2 is 1.71 bits per heavy atom. The molecule has 8 nitrogen and oxygen atoms in total. The predicted molar refractivity (Wildman–Crippen MR) is 133 cm³/mol. The molecule has 1 aromatic heterocycles. The molecule has 0 spiro atoms. The topological polar surface area (TPSA) is 99.0 Å². The van der Waals surface area contributed by atoms with Gasteiger partial charge in [0.15, 0.2) is 11.4 Å². The molecule has 0 saturated heterocycles. The molecule has 0 aliphatic carbocycles. The molecule has 1 heterocycles. The highest BCUT2D eigenvalue weighted by atomic mass is 32.1. The lowest BCUT2D eigenvalue weighted by Crippen LogP contribution is -2.45. The number of carbonyl (C=O) groups excluding carboxylic acids is 3. The van der Waals surface area contributed by atoms with Gasteiger partial charge in [0.25, 0.3) is 5.91 Å². The second-order valence-corrected chi connectivity index (χ2v) is 9.21. The van der Waals surface area contributed by atoms with E-state index in [2.05, 4.69) is 10.3 Å². The number of esters is 1. The van der Waals surface area contributed by atoms with Crippen molar-refractivity contribution in [1.82, 2.24) is 9.88 Å². The van der Waals surface area contributed by atoms with Gasteiger partial charge in [-0.15, -0.1) is 11.3 Å². The Labute approximate surface area is 208 Å². The molecular weight excluding hydrogens is 466 g/mol. The number of nitrogens with zero attached hydrogens (tertiary/aromatic N) is 2. The van der Waals surface area contributed by atoms with Gasteiger partial charge in [-0.1, -0.05) is 74.0 Å². The Balaban J connectivity index is 1.53. The van der Waals surface area contributed by atoms with Crippen LogP contribution in [0.15, 0.2) is 71.2 Å². The number of amides is 2. The van der Waals surface area contributed by atoms with E-state index in [1.807, 2.05) is 77.7 Å². The first kappa shape index (κ1) is 25.9. The highest BCUT2D eigenvalue weighted by Gasteiger charge is 2.27. The number of carbonyl (C=O) groups is 3. The number of hydrogen-bond donors (Lipinski definition) is 1. The van der Waals surface area contributed by atoms with E-state index >= 15 is 0 Å². The molecule has 0 radical (unpaired) electrons. The van der Waals surface area contributed by atoms with Crippen molar-refractivity contribution < 1.29 is 23.9 Å². The van der Waals surface area contributed by atoms with Gasteiger partial charge in [-0.2, -0.15) is 4.99 Å². The largest absolute Gasteiger partial charge is 0.454 e. The van der Waals surface area contributed by atoms with Gasteiger partial charge >= 0.3 is 12.1 Å². The van der Waals surface area contributed by atoms with Crippen LogP contribution in [0.2, 0.25) is 0 Å². The molecule has 3 aromatic rings. The standard InChI is InChI=1S/C26H29N3O5S/c1-18(2)23(28-26(32)34-16-21-7-5-4-6-8-21)24(31)33-17-22(30)27-25-29(13-14-35-25)15-20-11-9-19(3)10-12-20/h4-14,18,23H,15-17H2,1-3H3,(H,28,32)/t23-/m0/s1. The van der Waals surface area contributed by atoms with Crippen LogP contribution in [0.1, 0.15) is 30.5 Å². The first-order valence-electron chi connectivity index (χ1n) is 11.2. The minimum atomic E-state index is -0.959. The van der Waals surface area contributed by atoms with Crippen LogP contribution in [0, 0.1) is 12.8 Å². The van der Waals surface area contributed by atoms with Crippen LogP contribution >= 0.6 is 11.3 Å². The number of benzene rings is 2. The number of hydrogen-bond acceptors (Lipinski definition) is 6. The van der Waals surface area contributed by atoms with Crippen molar-refractivity contribution in [3.05, 3.63) is 87.7 Å². The van der Waals surface area contributed by atoms with Crippen LogP contribution in [-0.2, 0) is 32.2 Å². The number of nitrogens with one attached hydrogen (secondary N) is 1. The number of alkyl carbamates (subject to hydrolysis) is 1. The molecule has 35 heavy (non-hydrogen) atoms. The van der Waals surface area contributed by atoms with Gasteiger partial charge in [-0.3, -0.25) is 4.79 Å². The Bertz CT molecular complexity index is 1200. The molecule has 184 valence electrons. The SMILES string of the molecule is Cc1ccc(Cn2ccsc2=NC(=O)COC(=O)[C@@H](NC(=O)OCc2ccccc2)C(C)C)cc1. The summed E-state index contributed by atoms with van der Waals surface area (Å²) in [5.41, 5.74) is 3.08. The molecule has 0 aliphatic rings. The molecule has 0 saturated carbocycles. The lowest BCUT2D eigenvalue weighted by molar-refractivity contribution is -0.150. The van der Waals surface area contributed by atoms with Gasteiger partial charge in [-0.25, -0.2) is 9.59 Å². The second-order valence-electron chi connectivity index (χ2n) is 8.34. The molecular formula is C26H29N3O5S. The van der Waals surface area contributed by atoms with E-state index in [4.69, 9.17) is 9.47 Å². The van der Waals surface area contributed by atoms with E-state index in [0.29, 0.717) is 11.3 Å².